The molecule has 0 amide bonds. The molecule has 0 fully saturated rings. The number of rotatable bonds is 3. The van der Waals surface area contributed by atoms with E-state index in [1.54, 1.807) is 0 Å². The summed E-state index contributed by atoms with van der Waals surface area (Å²) in [5.74, 6) is -0.897. The van der Waals surface area contributed by atoms with Crippen molar-refractivity contribution in [3.05, 3.63) is 28.3 Å². The summed E-state index contributed by atoms with van der Waals surface area (Å²) in [4.78, 5) is 9.23. The van der Waals surface area contributed by atoms with Crippen LogP contribution < -0.4 is 0 Å². The van der Waals surface area contributed by atoms with Crippen LogP contribution in [0.5, 0.6) is 5.75 Å². The van der Waals surface area contributed by atoms with E-state index < -0.39 is 31.1 Å². The van der Waals surface area contributed by atoms with Crippen LogP contribution in [0, 0.1) is 10.1 Å². The molecule has 0 bridgehead atoms. The largest absolute Gasteiger partial charge is 0.502 e. The molecule has 1 aromatic carbocycles. The maximum Gasteiger partial charge on any atom is 0.329 e. The number of phenols is 1. The summed E-state index contributed by atoms with van der Waals surface area (Å²) >= 11 is 0. The van der Waals surface area contributed by atoms with Crippen molar-refractivity contribution < 1.29 is 18.4 Å². The first-order valence-electron chi connectivity index (χ1n) is 4.09. The number of benzene rings is 1. The van der Waals surface area contributed by atoms with E-state index >= 15 is 0 Å². The SMILES string of the molecule is CCS(=O)(=O)c1cccc(O)c1[N+](=O)[O-]. The number of sulfone groups is 1. The Hall–Kier alpha value is -1.63. The molecule has 0 unspecified atom stereocenters. The van der Waals surface area contributed by atoms with Crippen LogP contribution in [0.3, 0.4) is 0 Å². The molecule has 82 valence electrons. The first-order valence-corrected chi connectivity index (χ1v) is 5.74. The molecule has 7 heteroatoms. The number of nitro groups is 1. The second kappa shape index (κ2) is 3.85. The van der Waals surface area contributed by atoms with E-state index in [0.717, 1.165) is 12.1 Å². The second-order valence-electron chi connectivity index (χ2n) is 2.78. The molecule has 15 heavy (non-hydrogen) atoms. The number of hydrogen-bond donors (Lipinski definition) is 1. The number of phenolic OH excluding ortho intramolecular Hbond substituents is 1. The fraction of sp³-hybridized carbons (Fsp3) is 0.250. The fourth-order valence-electron chi connectivity index (χ4n) is 1.10. The number of nitro benzene ring substituents is 1. The Morgan fingerprint density at radius 2 is 2.07 bits per heavy atom. The van der Waals surface area contributed by atoms with Gasteiger partial charge in [-0.1, -0.05) is 13.0 Å². The Morgan fingerprint density at radius 1 is 1.47 bits per heavy atom. The molecular weight excluding hydrogens is 222 g/mol. The molecule has 1 aromatic rings. The van der Waals surface area contributed by atoms with E-state index in [9.17, 15) is 23.6 Å². The Morgan fingerprint density at radius 3 is 2.53 bits per heavy atom. The Kier molecular flexibility index (Phi) is 2.94. The number of hydrogen-bond acceptors (Lipinski definition) is 5. The van der Waals surface area contributed by atoms with Gasteiger partial charge in [0, 0.05) is 0 Å². The highest BCUT2D eigenvalue weighted by molar-refractivity contribution is 7.91. The molecule has 0 aromatic heterocycles. The minimum absolute atomic E-state index is 0.253. The van der Waals surface area contributed by atoms with E-state index in [-0.39, 0.29) is 5.75 Å². The van der Waals surface area contributed by atoms with Crippen LogP contribution in [-0.2, 0) is 9.84 Å². The standard InChI is InChI=1S/C8H9NO5S/c1-2-15(13,14)7-5-3-4-6(10)8(7)9(11)12/h3-5,10H,2H2,1H3. The molecule has 0 saturated heterocycles. The molecule has 0 aliphatic rings. The average molecular weight is 231 g/mol. The van der Waals surface area contributed by atoms with Crippen LogP contribution in [0.4, 0.5) is 5.69 Å². The van der Waals surface area contributed by atoms with E-state index in [1.165, 1.54) is 13.0 Å². The van der Waals surface area contributed by atoms with Crippen LogP contribution in [0.2, 0.25) is 0 Å². The summed E-state index contributed by atoms with van der Waals surface area (Å²) in [6, 6.07) is 3.44. The number of aromatic hydroxyl groups is 1. The molecule has 0 radical (unpaired) electrons. The van der Waals surface area contributed by atoms with Crippen molar-refractivity contribution in [3.63, 3.8) is 0 Å². The first-order chi connectivity index (χ1) is 6.90. The highest BCUT2D eigenvalue weighted by Gasteiger charge is 2.27. The topological polar surface area (TPSA) is 97.5 Å². The van der Waals surface area contributed by atoms with Gasteiger partial charge in [0.1, 0.15) is 4.90 Å². The normalized spacial score (nSPS) is 11.3. The lowest BCUT2D eigenvalue weighted by atomic mass is 10.3. The van der Waals surface area contributed by atoms with Gasteiger partial charge in [0.2, 0.25) is 0 Å². The van der Waals surface area contributed by atoms with Gasteiger partial charge < -0.3 is 5.11 Å². The van der Waals surface area contributed by atoms with E-state index in [2.05, 4.69) is 0 Å². The smallest absolute Gasteiger partial charge is 0.329 e. The van der Waals surface area contributed by atoms with Crippen LogP contribution in [0.25, 0.3) is 0 Å². The van der Waals surface area contributed by atoms with Crippen molar-refractivity contribution >= 4 is 15.5 Å². The van der Waals surface area contributed by atoms with Gasteiger partial charge in [-0.2, -0.15) is 0 Å². The zero-order valence-electron chi connectivity index (χ0n) is 7.87. The van der Waals surface area contributed by atoms with Gasteiger partial charge in [-0.05, 0) is 12.1 Å². The van der Waals surface area contributed by atoms with Gasteiger partial charge in [0.05, 0.1) is 10.7 Å². The van der Waals surface area contributed by atoms with Crippen molar-refractivity contribution in [2.45, 2.75) is 11.8 Å². The number of para-hydroxylation sites is 1. The van der Waals surface area contributed by atoms with E-state index in [1.807, 2.05) is 0 Å². The van der Waals surface area contributed by atoms with Crippen molar-refractivity contribution in [1.82, 2.24) is 0 Å². The molecular formula is C8H9NO5S. The van der Waals surface area contributed by atoms with Gasteiger partial charge in [-0.25, -0.2) is 8.42 Å². The lowest BCUT2D eigenvalue weighted by Gasteiger charge is -2.03. The molecule has 0 aliphatic carbocycles. The average Bonchev–Trinajstić information content (AvgIpc) is 2.16. The highest BCUT2D eigenvalue weighted by atomic mass is 32.2. The van der Waals surface area contributed by atoms with Gasteiger partial charge in [-0.3, -0.25) is 10.1 Å². The molecule has 0 aliphatic heterocycles. The van der Waals surface area contributed by atoms with Crippen LogP contribution in [0.1, 0.15) is 6.92 Å². The third-order valence-corrected chi connectivity index (χ3v) is 3.64. The molecule has 0 atom stereocenters. The van der Waals surface area contributed by atoms with Gasteiger partial charge in [-0.15, -0.1) is 0 Å². The van der Waals surface area contributed by atoms with Crippen molar-refractivity contribution in [1.29, 1.82) is 0 Å². The molecule has 0 heterocycles. The lowest BCUT2D eigenvalue weighted by molar-refractivity contribution is -0.388. The van der Waals surface area contributed by atoms with Gasteiger partial charge >= 0.3 is 5.69 Å². The summed E-state index contributed by atoms with van der Waals surface area (Å²) < 4.78 is 22.9. The van der Waals surface area contributed by atoms with Gasteiger partial charge in [0.15, 0.2) is 15.6 Å². The maximum absolute atomic E-state index is 11.5. The monoisotopic (exact) mass is 231 g/mol. The van der Waals surface area contributed by atoms with Crippen LogP contribution in [0.15, 0.2) is 23.1 Å². The summed E-state index contributed by atoms with van der Waals surface area (Å²) in [6.07, 6.45) is 0. The number of nitrogens with zero attached hydrogens (tertiary/aromatic N) is 1. The zero-order chi connectivity index (χ0) is 11.6. The van der Waals surface area contributed by atoms with E-state index in [4.69, 9.17) is 0 Å². The molecule has 0 saturated carbocycles. The molecule has 0 spiro atoms. The Balaban J connectivity index is 3.57. The fourth-order valence-corrected chi connectivity index (χ4v) is 2.17. The van der Waals surface area contributed by atoms with Gasteiger partial charge in [0.25, 0.3) is 0 Å². The summed E-state index contributed by atoms with van der Waals surface area (Å²) in [7, 11) is -3.70. The predicted octanol–water partition coefficient (Wildman–Crippen LogP) is 1.09. The molecule has 1 N–H and O–H groups in total. The van der Waals surface area contributed by atoms with Crippen molar-refractivity contribution in [3.8, 4) is 5.75 Å². The maximum atomic E-state index is 11.5. The summed E-state index contributed by atoms with van der Waals surface area (Å²) in [5, 5.41) is 19.8. The van der Waals surface area contributed by atoms with Crippen molar-refractivity contribution in [2.24, 2.45) is 0 Å². The first kappa shape index (κ1) is 11.4. The van der Waals surface area contributed by atoms with Crippen molar-refractivity contribution in [2.75, 3.05) is 5.75 Å². The quantitative estimate of drug-likeness (QED) is 0.620. The third-order valence-electron chi connectivity index (χ3n) is 1.88. The molecule has 1 rings (SSSR count). The highest BCUT2D eigenvalue weighted by Crippen LogP contribution is 2.32. The zero-order valence-corrected chi connectivity index (χ0v) is 8.69. The predicted molar refractivity (Wildman–Crippen MR) is 52.5 cm³/mol. The lowest BCUT2D eigenvalue weighted by Crippen LogP contribution is -2.07. The summed E-state index contributed by atoms with van der Waals surface area (Å²) in [5.41, 5.74) is -0.764. The minimum Gasteiger partial charge on any atom is -0.502 e. The van der Waals surface area contributed by atoms with E-state index in [0.29, 0.717) is 0 Å². The second-order valence-corrected chi connectivity index (χ2v) is 5.03. The molecule has 6 nitrogen and oxygen atoms in total. The third kappa shape index (κ3) is 2.07. The Labute approximate surface area is 86.2 Å². The Bertz CT molecular complexity index is 494. The van der Waals surface area contributed by atoms with Crippen LogP contribution in [-0.4, -0.2) is 24.2 Å². The summed E-state index contributed by atoms with van der Waals surface area (Å²) in [6.45, 7) is 1.38. The minimum atomic E-state index is -3.70. The van der Waals surface area contributed by atoms with Crippen LogP contribution >= 0.6 is 0 Å².